The Kier molecular flexibility index (Phi) is 3.93. The molecule has 11 aromatic rings. The number of benzene rings is 9. The molecule has 0 saturated carbocycles. The van der Waals surface area contributed by atoms with Gasteiger partial charge in [-0.15, -0.1) is 0 Å². The van der Waals surface area contributed by atoms with Crippen LogP contribution in [0.4, 0.5) is 0 Å². The summed E-state index contributed by atoms with van der Waals surface area (Å²) in [5, 5.41) is 16.2. The van der Waals surface area contributed by atoms with E-state index in [4.69, 9.17) is 0 Å². The smallest absolute Gasteiger partial charge is 0.252 e. The number of para-hydroxylation sites is 1. The third-order valence-corrected chi connectivity index (χ3v) is 12.5. The fraction of sp³-hybridized carbons (Fsp3) is 0.0213. The summed E-state index contributed by atoms with van der Waals surface area (Å²) in [6.45, 7) is 2.38. The monoisotopic (exact) mass is 628 g/mol. The first-order chi connectivity index (χ1) is 24.7. The van der Waals surface area contributed by atoms with Crippen molar-refractivity contribution >= 4 is 110 Å². The molecular weight excluding hydrogens is 603 g/mol. The minimum atomic E-state index is 0.102. The van der Waals surface area contributed by atoms with Gasteiger partial charge in [0.25, 0.3) is 6.71 Å². The van der Waals surface area contributed by atoms with Crippen LogP contribution in [0.25, 0.3) is 109 Å². The van der Waals surface area contributed by atoms with Gasteiger partial charge in [0.2, 0.25) is 0 Å². The quantitative estimate of drug-likeness (QED) is 0.117. The third-order valence-electron chi connectivity index (χ3n) is 12.5. The minimum Gasteiger partial charge on any atom is -0.310 e. The van der Waals surface area contributed by atoms with Crippen LogP contribution in [0.15, 0.2) is 133 Å². The minimum absolute atomic E-state index is 0.102. The molecule has 226 valence electrons. The van der Waals surface area contributed by atoms with Crippen molar-refractivity contribution in [3.63, 3.8) is 0 Å². The number of hydrogen-bond donors (Lipinski definition) is 0. The van der Waals surface area contributed by atoms with Gasteiger partial charge in [-0.3, -0.25) is 0 Å². The number of fused-ring (bicyclic) bond motifs is 11. The van der Waals surface area contributed by atoms with Crippen LogP contribution in [0.1, 0.15) is 5.56 Å². The molecule has 0 fully saturated rings. The van der Waals surface area contributed by atoms with Gasteiger partial charge in [0.15, 0.2) is 0 Å². The zero-order valence-electron chi connectivity index (χ0n) is 27.2. The number of nitrogens with zero attached hydrogens (tertiary/aromatic N) is 2. The van der Waals surface area contributed by atoms with E-state index in [1.807, 2.05) is 0 Å². The van der Waals surface area contributed by atoms with Gasteiger partial charge in [0.05, 0.1) is 22.1 Å². The average Bonchev–Trinajstić information content (AvgIpc) is 3.65. The van der Waals surface area contributed by atoms with Gasteiger partial charge in [-0.1, -0.05) is 109 Å². The molecule has 50 heavy (non-hydrogen) atoms. The lowest BCUT2D eigenvalue weighted by atomic mass is 9.34. The molecule has 2 aromatic heterocycles. The molecule has 0 saturated heterocycles. The van der Waals surface area contributed by atoms with Gasteiger partial charge >= 0.3 is 0 Å². The average molecular weight is 629 g/mol. The van der Waals surface area contributed by atoms with Crippen molar-refractivity contribution in [1.82, 2.24) is 9.13 Å². The molecule has 0 radical (unpaired) electrons. The van der Waals surface area contributed by atoms with Crippen molar-refractivity contribution in [1.29, 1.82) is 0 Å². The second-order valence-corrected chi connectivity index (χ2v) is 14.9. The highest BCUT2D eigenvalue weighted by Gasteiger charge is 2.42. The molecular formula is C47H25BN2. The van der Waals surface area contributed by atoms with Gasteiger partial charge < -0.3 is 9.13 Å². The number of hydrogen-bond acceptors (Lipinski definition) is 0. The first kappa shape index (κ1) is 24.8. The molecule has 3 aliphatic rings. The summed E-state index contributed by atoms with van der Waals surface area (Å²) in [7, 11) is 0. The zero-order valence-corrected chi connectivity index (χ0v) is 27.2. The molecule has 0 N–H and O–H groups in total. The molecule has 14 rings (SSSR count). The third kappa shape index (κ3) is 2.51. The fourth-order valence-corrected chi connectivity index (χ4v) is 10.9. The topological polar surface area (TPSA) is 9.86 Å². The maximum atomic E-state index is 2.65. The Labute approximate surface area is 286 Å². The SMILES string of the molecule is Cc1cc2c3c(c1)-n1c4ccc5cccc6c5c4c4c5c(ccc7cccc-6c75)cc(c41)B3c1cc3ccccc3c3c4ccccc4n-2c13. The lowest BCUT2D eigenvalue weighted by molar-refractivity contribution is 1.13. The van der Waals surface area contributed by atoms with E-state index < -0.39 is 0 Å². The Bertz CT molecular complexity index is 3500. The summed E-state index contributed by atoms with van der Waals surface area (Å²) in [5.41, 5.74) is 16.2. The lowest BCUT2D eigenvalue weighted by Crippen LogP contribution is -2.59. The molecule has 1 aliphatic carbocycles. The van der Waals surface area contributed by atoms with Crippen molar-refractivity contribution in [2.75, 3.05) is 0 Å². The Morgan fingerprint density at radius 2 is 1.02 bits per heavy atom. The number of rotatable bonds is 0. The molecule has 4 heterocycles. The van der Waals surface area contributed by atoms with Gasteiger partial charge in [-0.25, -0.2) is 0 Å². The van der Waals surface area contributed by atoms with E-state index in [2.05, 4.69) is 150 Å². The normalized spacial score (nSPS) is 13.7. The van der Waals surface area contributed by atoms with Gasteiger partial charge in [0.1, 0.15) is 0 Å². The second kappa shape index (κ2) is 7.93. The van der Waals surface area contributed by atoms with Crippen LogP contribution in [0.2, 0.25) is 0 Å². The van der Waals surface area contributed by atoms with Crippen molar-refractivity contribution in [3.05, 3.63) is 139 Å². The standard InChI is InChI=1S/C47H25BN2/c1-24-20-37-45-38(21-24)50-36-19-18-26-10-7-14-31-30-13-6-9-25-16-17-28-23-34(47(50)44(41(28)39(25)30)43(36)40(26)31)48(45)33-22-27-8-2-3-11-29(27)42-32-12-4-5-15-35(32)49(37)46(33)42/h2-23H,1H3. The zero-order chi connectivity index (χ0) is 32.1. The number of aromatic nitrogens is 2. The van der Waals surface area contributed by atoms with Crippen LogP contribution in [0.5, 0.6) is 0 Å². The Morgan fingerprint density at radius 1 is 0.420 bits per heavy atom. The summed E-state index contributed by atoms with van der Waals surface area (Å²) in [4.78, 5) is 0. The van der Waals surface area contributed by atoms with Gasteiger partial charge in [0, 0.05) is 38.3 Å². The van der Waals surface area contributed by atoms with E-state index in [1.54, 1.807) is 0 Å². The van der Waals surface area contributed by atoms with Crippen molar-refractivity contribution in [3.8, 4) is 22.5 Å². The second-order valence-electron chi connectivity index (χ2n) is 14.9. The predicted octanol–water partition coefficient (Wildman–Crippen LogP) is 9.93. The van der Waals surface area contributed by atoms with E-state index in [9.17, 15) is 0 Å². The molecule has 3 heteroatoms. The van der Waals surface area contributed by atoms with Gasteiger partial charge in [-0.2, -0.15) is 0 Å². The Balaban J connectivity index is 1.31. The molecule has 2 nitrogen and oxygen atoms in total. The summed E-state index contributed by atoms with van der Waals surface area (Å²) >= 11 is 0. The summed E-state index contributed by atoms with van der Waals surface area (Å²) in [6.07, 6.45) is 0. The Morgan fingerprint density at radius 3 is 1.82 bits per heavy atom. The predicted molar refractivity (Wildman–Crippen MR) is 214 cm³/mol. The fourth-order valence-electron chi connectivity index (χ4n) is 10.9. The number of aryl methyl sites for hydroxylation is 1. The van der Waals surface area contributed by atoms with Crippen molar-refractivity contribution in [2.45, 2.75) is 6.92 Å². The maximum absolute atomic E-state index is 2.65. The highest BCUT2D eigenvalue weighted by Crippen LogP contribution is 2.50. The maximum Gasteiger partial charge on any atom is 0.252 e. The Hall–Kier alpha value is -6.32. The highest BCUT2D eigenvalue weighted by atomic mass is 15.0. The first-order valence-electron chi connectivity index (χ1n) is 17.7. The summed E-state index contributed by atoms with van der Waals surface area (Å²) in [5.74, 6) is 0. The van der Waals surface area contributed by atoms with E-state index in [-0.39, 0.29) is 6.71 Å². The van der Waals surface area contributed by atoms with Crippen LogP contribution in [0, 0.1) is 6.92 Å². The highest BCUT2D eigenvalue weighted by molar-refractivity contribution is 7.00. The van der Waals surface area contributed by atoms with Gasteiger partial charge in [-0.05, 0) is 102 Å². The van der Waals surface area contributed by atoms with Crippen LogP contribution in [-0.4, -0.2) is 15.8 Å². The lowest BCUT2D eigenvalue weighted by Gasteiger charge is -2.34. The van der Waals surface area contributed by atoms with E-state index in [0.717, 1.165) is 0 Å². The van der Waals surface area contributed by atoms with E-state index in [1.165, 1.54) is 131 Å². The van der Waals surface area contributed by atoms with Crippen LogP contribution < -0.4 is 16.4 Å². The molecule has 9 aromatic carbocycles. The molecule has 0 bridgehead atoms. The molecule has 0 spiro atoms. The summed E-state index contributed by atoms with van der Waals surface area (Å²) in [6, 6.07) is 51.3. The largest absolute Gasteiger partial charge is 0.310 e. The molecule has 0 unspecified atom stereocenters. The van der Waals surface area contributed by atoms with Crippen molar-refractivity contribution in [2.24, 2.45) is 0 Å². The summed E-state index contributed by atoms with van der Waals surface area (Å²) < 4.78 is 5.25. The van der Waals surface area contributed by atoms with Crippen LogP contribution >= 0.6 is 0 Å². The van der Waals surface area contributed by atoms with Crippen LogP contribution in [-0.2, 0) is 0 Å². The molecule has 2 aliphatic heterocycles. The molecule has 0 amide bonds. The van der Waals surface area contributed by atoms with E-state index in [0.29, 0.717) is 0 Å². The van der Waals surface area contributed by atoms with Crippen LogP contribution in [0.3, 0.4) is 0 Å². The first-order valence-corrected chi connectivity index (χ1v) is 17.7. The van der Waals surface area contributed by atoms with E-state index >= 15 is 0 Å². The molecule has 0 atom stereocenters. The van der Waals surface area contributed by atoms with Crippen molar-refractivity contribution < 1.29 is 0 Å².